The van der Waals surface area contributed by atoms with Gasteiger partial charge in [-0.2, -0.15) is 0 Å². The Morgan fingerprint density at radius 1 is 1.55 bits per heavy atom. The number of anilines is 1. The highest BCUT2D eigenvalue weighted by atomic mass is 32.2. The summed E-state index contributed by atoms with van der Waals surface area (Å²) in [7, 11) is -4.06. The van der Waals surface area contributed by atoms with E-state index in [9.17, 15) is 18.5 Å². The van der Waals surface area contributed by atoms with Crippen LogP contribution in [0.5, 0.6) is 0 Å². The van der Waals surface area contributed by atoms with Crippen molar-refractivity contribution < 1.29 is 18.1 Å². The number of nitrogens with two attached hydrogens (primary N) is 1. The lowest BCUT2D eigenvalue weighted by molar-refractivity contribution is -0.385. The summed E-state index contributed by atoms with van der Waals surface area (Å²) in [6.45, 7) is 5.07. The second kappa shape index (κ2) is 6.42. The number of hydrogen-bond acceptors (Lipinski definition) is 6. The van der Waals surface area contributed by atoms with Crippen molar-refractivity contribution in [1.29, 1.82) is 0 Å². The average Bonchev–Trinajstić information content (AvgIpc) is 2.92. The summed E-state index contributed by atoms with van der Waals surface area (Å²) < 4.78 is 29.0. The predicted octanol–water partition coefficient (Wildman–Crippen LogP) is 1.02. The van der Waals surface area contributed by atoms with Crippen LogP contribution >= 0.6 is 0 Å². The minimum atomic E-state index is -4.06. The number of nitrogens with zero attached hydrogens (tertiary/aromatic N) is 2. The highest BCUT2D eigenvalue weighted by Gasteiger charge is 2.28. The summed E-state index contributed by atoms with van der Waals surface area (Å²) in [5.41, 5.74) is 0.0456. The lowest BCUT2D eigenvalue weighted by Crippen LogP contribution is -2.26. The van der Waals surface area contributed by atoms with E-state index in [0.29, 0.717) is 25.4 Å². The van der Waals surface area contributed by atoms with Gasteiger partial charge >= 0.3 is 0 Å². The van der Waals surface area contributed by atoms with Gasteiger partial charge in [-0.25, -0.2) is 13.6 Å². The fraction of sp³-hybridized carbons (Fsp3) is 0.385. The summed E-state index contributed by atoms with van der Waals surface area (Å²) in [6.07, 6.45) is 2.33. The van der Waals surface area contributed by atoms with E-state index in [1.54, 1.807) is 11.0 Å². The Balaban J connectivity index is 2.31. The second-order valence-corrected chi connectivity index (χ2v) is 6.46. The number of nitro benzene ring substituents is 1. The van der Waals surface area contributed by atoms with Crippen LogP contribution in [0.3, 0.4) is 0 Å². The lowest BCUT2D eigenvalue weighted by atomic mass is 10.2. The summed E-state index contributed by atoms with van der Waals surface area (Å²) in [6, 6.07) is 3.66. The number of non-ortho nitro benzene ring substituents is 1. The maximum atomic E-state index is 11.7. The molecule has 1 aromatic carbocycles. The summed E-state index contributed by atoms with van der Waals surface area (Å²) in [5, 5.41) is 16.0. The Morgan fingerprint density at radius 2 is 2.27 bits per heavy atom. The monoisotopic (exact) mass is 327 g/mol. The molecule has 2 N–H and O–H groups in total. The molecule has 120 valence electrons. The maximum absolute atomic E-state index is 11.7. The Kier molecular flexibility index (Phi) is 4.79. The van der Waals surface area contributed by atoms with E-state index in [1.807, 2.05) is 0 Å². The molecule has 1 fully saturated rings. The maximum Gasteiger partial charge on any atom is 0.270 e. The zero-order valence-corrected chi connectivity index (χ0v) is 12.7. The van der Waals surface area contributed by atoms with Crippen molar-refractivity contribution in [3.63, 3.8) is 0 Å². The summed E-state index contributed by atoms with van der Waals surface area (Å²) in [4.78, 5) is 11.7. The molecule has 0 spiro atoms. The molecule has 1 aliphatic rings. The molecule has 1 heterocycles. The van der Waals surface area contributed by atoms with E-state index in [0.717, 1.165) is 12.5 Å². The van der Waals surface area contributed by atoms with Crippen LogP contribution in [0.15, 0.2) is 35.7 Å². The fourth-order valence-electron chi connectivity index (χ4n) is 2.39. The molecule has 22 heavy (non-hydrogen) atoms. The van der Waals surface area contributed by atoms with Crippen molar-refractivity contribution in [2.24, 2.45) is 5.14 Å². The van der Waals surface area contributed by atoms with Gasteiger partial charge in [-0.1, -0.05) is 6.08 Å². The number of sulfonamides is 1. The van der Waals surface area contributed by atoms with E-state index in [-0.39, 0.29) is 16.7 Å². The van der Waals surface area contributed by atoms with Crippen molar-refractivity contribution in [2.45, 2.75) is 17.4 Å². The molecule has 1 aromatic rings. The van der Waals surface area contributed by atoms with E-state index >= 15 is 0 Å². The largest absolute Gasteiger partial charge is 0.372 e. The first-order chi connectivity index (χ1) is 10.3. The van der Waals surface area contributed by atoms with Crippen molar-refractivity contribution in [2.75, 3.05) is 24.6 Å². The fourth-order valence-corrected chi connectivity index (χ4v) is 3.17. The molecule has 0 saturated carbocycles. The van der Waals surface area contributed by atoms with Crippen LogP contribution in [0.1, 0.15) is 6.42 Å². The molecule has 0 radical (unpaired) electrons. The van der Waals surface area contributed by atoms with Crippen LogP contribution in [0.2, 0.25) is 0 Å². The zero-order valence-electron chi connectivity index (χ0n) is 11.8. The van der Waals surface area contributed by atoms with Crippen LogP contribution < -0.4 is 10.0 Å². The minimum absolute atomic E-state index is 0.0403. The number of primary sulfonamides is 1. The number of benzene rings is 1. The smallest absolute Gasteiger partial charge is 0.270 e. The Morgan fingerprint density at radius 3 is 2.86 bits per heavy atom. The highest BCUT2D eigenvalue weighted by molar-refractivity contribution is 7.89. The molecular formula is C13H17N3O5S. The van der Waals surface area contributed by atoms with Crippen LogP contribution in [-0.4, -0.2) is 39.1 Å². The number of nitro groups is 1. The average molecular weight is 327 g/mol. The van der Waals surface area contributed by atoms with Crippen molar-refractivity contribution in [1.82, 2.24) is 0 Å². The third-order valence-corrected chi connectivity index (χ3v) is 4.34. The molecular weight excluding hydrogens is 310 g/mol. The van der Waals surface area contributed by atoms with Crippen LogP contribution in [-0.2, 0) is 14.8 Å². The molecule has 1 saturated heterocycles. The van der Waals surface area contributed by atoms with Crippen molar-refractivity contribution >= 4 is 21.4 Å². The van der Waals surface area contributed by atoms with Crippen molar-refractivity contribution in [3.8, 4) is 0 Å². The van der Waals surface area contributed by atoms with E-state index < -0.39 is 14.9 Å². The molecule has 0 bridgehead atoms. The van der Waals surface area contributed by atoms with Gasteiger partial charge in [0.25, 0.3) is 5.69 Å². The third-order valence-electron chi connectivity index (χ3n) is 3.40. The molecule has 0 aliphatic carbocycles. The highest BCUT2D eigenvalue weighted by Crippen LogP contribution is 2.31. The Hall–Kier alpha value is -1.97. The van der Waals surface area contributed by atoms with Crippen LogP contribution in [0, 0.1) is 10.1 Å². The first kappa shape index (κ1) is 16.4. The molecule has 1 unspecified atom stereocenters. The molecule has 0 aromatic heterocycles. The van der Waals surface area contributed by atoms with Gasteiger partial charge in [0.2, 0.25) is 10.0 Å². The molecule has 9 heteroatoms. The van der Waals surface area contributed by atoms with E-state index in [2.05, 4.69) is 6.58 Å². The standard InChI is InChI=1S/C13H17N3O5S/c1-2-7-21-11-5-6-15(9-11)12-4-3-10(16(17)18)8-13(12)22(14,19)20/h2-4,8,11H,1,5-7,9H2,(H2,14,19,20). The van der Waals surface area contributed by atoms with E-state index in [4.69, 9.17) is 9.88 Å². The van der Waals surface area contributed by atoms with Gasteiger partial charge in [0, 0.05) is 25.2 Å². The second-order valence-electron chi connectivity index (χ2n) is 4.93. The van der Waals surface area contributed by atoms with Crippen LogP contribution in [0.4, 0.5) is 11.4 Å². The first-order valence-corrected chi connectivity index (χ1v) is 8.16. The molecule has 0 amide bonds. The molecule has 2 rings (SSSR count). The minimum Gasteiger partial charge on any atom is -0.372 e. The zero-order chi connectivity index (χ0) is 16.3. The predicted molar refractivity (Wildman–Crippen MR) is 81.2 cm³/mol. The lowest BCUT2D eigenvalue weighted by Gasteiger charge is -2.21. The number of hydrogen-bond donors (Lipinski definition) is 1. The van der Waals surface area contributed by atoms with Gasteiger partial charge in [-0.15, -0.1) is 6.58 Å². The van der Waals surface area contributed by atoms with Gasteiger partial charge in [0.1, 0.15) is 4.90 Å². The van der Waals surface area contributed by atoms with Crippen LogP contribution in [0.25, 0.3) is 0 Å². The first-order valence-electron chi connectivity index (χ1n) is 6.61. The Labute approximate surface area is 128 Å². The molecule has 1 aliphatic heterocycles. The van der Waals surface area contributed by atoms with E-state index in [1.165, 1.54) is 12.1 Å². The van der Waals surface area contributed by atoms with Gasteiger partial charge in [-0.05, 0) is 12.5 Å². The summed E-state index contributed by atoms with van der Waals surface area (Å²) >= 11 is 0. The van der Waals surface area contributed by atoms with Gasteiger partial charge < -0.3 is 9.64 Å². The molecule has 1 atom stereocenters. The summed E-state index contributed by atoms with van der Waals surface area (Å²) in [5.74, 6) is 0. The number of rotatable bonds is 6. The SMILES string of the molecule is C=CCOC1CCN(c2ccc([N+](=O)[O-])cc2S(N)(=O)=O)C1. The molecule has 8 nitrogen and oxygen atoms in total. The van der Waals surface area contributed by atoms with Gasteiger partial charge in [0.15, 0.2) is 0 Å². The number of ether oxygens (including phenoxy) is 1. The Bertz CT molecular complexity index is 689. The normalized spacial score (nSPS) is 18.4. The van der Waals surface area contributed by atoms with Gasteiger partial charge in [0.05, 0.1) is 23.3 Å². The van der Waals surface area contributed by atoms with Crippen molar-refractivity contribution in [3.05, 3.63) is 41.0 Å². The quantitative estimate of drug-likeness (QED) is 0.474. The third kappa shape index (κ3) is 3.62. The van der Waals surface area contributed by atoms with Gasteiger partial charge in [-0.3, -0.25) is 10.1 Å². The topological polar surface area (TPSA) is 116 Å².